The Balaban J connectivity index is 2.69. The molecule has 0 radical (unpaired) electrons. The number of hydrogen-bond acceptors (Lipinski definition) is 3. The lowest BCUT2D eigenvalue weighted by Gasteiger charge is -2.09. The maximum Gasteiger partial charge on any atom is 0.325 e. The Kier molecular flexibility index (Phi) is 2.84. The van der Waals surface area contributed by atoms with E-state index in [4.69, 9.17) is 5.11 Å². The third-order valence-electron chi connectivity index (χ3n) is 1.65. The molecule has 0 aliphatic rings. The summed E-state index contributed by atoms with van der Waals surface area (Å²) in [4.78, 5) is 14.5. The Morgan fingerprint density at radius 2 is 2.38 bits per heavy atom. The van der Waals surface area contributed by atoms with Crippen LogP contribution in [0.2, 0.25) is 0 Å². The van der Waals surface area contributed by atoms with Crippen molar-refractivity contribution in [1.82, 2.24) is 4.98 Å². The van der Waals surface area contributed by atoms with Crippen molar-refractivity contribution >= 4 is 11.8 Å². The molecule has 1 atom stereocenters. The van der Waals surface area contributed by atoms with Crippen LogP contribution in [-0.2, 0) is 4.79 Å². The van der Waals surface area contributed by atoms with Gasteiger partial charge in [0.15, 0.2) is 0 Å². The summed E-state index contributed by atoms with van der Waals surface area (Å²) in [7, 11) is 0. The van der Waals surface area contributed by atoms with Gasteiger partial charge in [0.2, 0.25) is 0 Å². The zero-order valence-corrected chi connectivity index (χ0v) is 7.61. The topological polar surface area (TPSA) is 62.2 Å². The van der Waals surface area contributed by atoms with Crippen LogP contribution in [0.5, 0.6) is 0 Å². The van der Waals surface area contributed by atoms with E-state index in [0.717, 1.165) is 5.56 Å². The molecule has 2 N–H and O–H groups in total. The van der Waals surface area contributed by atoms with Gasteiger partial charge in [-0.25, -0.2) is 4.98 Å². The molecule has 0 aromatic carbocycles. The predicted molar refractivity (Wildman–Crippen MR) is 49.7 cm³/mol. The van der Waals surface area contributed by atoms with Gasteiger partial charge in [-0.15, -0.1) is 0 Å². The van der Waals surface area contributed by atoms with Crippen molar-refractivity contribution in [3.8, 4) is 0 Å². The average Bonchev–Trinajstić information content (AvgIpc) is 2.04. The maximum absolute atomic E-state index is 10.5. The third kappa shape index (κ3) is 2.74. The molecule has 0 bridgehead atoms. The fourth-order valence-electron chi connectivity index (χ4n) is 0.899. The molecular weight excluding hydrogens is 168 g/mol. The lowest BCUT2D eigenvalue weighted by molar-refractivity contribution is -0.137. The predicted octanol–water partition coefficient (Wildman–Crippen LogP) is 1.28. The van der Waals surface area contributed by atoms with Crippen molar-refractivity contribution in [2.75, 3.05) is 5.32 Å². The molecular formula is C9H12N2O2. The molecule has 0 unspecified atom stereocenters. The highest BCUT2D eigenvalue weighted by Gasteiger charge is 2.09. The van der Waals surface area contributed by atoms with Gasteiger partial charge in [0.25, 0.3) is 0 Å². The molecule has 0 spiro atoms. The van der Waals surface area contributed by atoms with Gasteiger partial charge in [0.1, 0.15) is 11.9 Å². The molecule has 1 heterocycles. The van der Waals surface area contributed by atoms with Crippen LogP contribution in [0, 0.1) is 6.92 Å². The number of carboxylic acid groups (broad SMARTS) is 1. The second-order valence-electron chi connectivity index (χ2n) is 2.92. The second-order valence-corrected chi connectivity index (χ2v) is 2.92. The Labute approximate surface area is 76.6 Å². The summed E-state index contributed by atoms with van der Waals surface area (Å²) in [5.74, 6) is -0.293. The van der Waals surface area contributed by atoms with E-state index < -0.39 is 12.0 Å². The van der Waals surface area contributed by atoms with Crippen molar-refractivity contribution in [3.63, 3.8) is 0 Å². The van der Waals surface area contributed by atoms with Crippen LogP contribution >= 0.6 is 0 Å². The zero-order chi connectivity index (χ0) is 9.84. The lowest BCUT2D eigenvalue weighted by atomic mass is 10.3. The van der Waals surface area contributed by atoms with Gasteiger partial charge in [-0.2, -0.15) is 0 Å². The van der Waals surface area contributed by atoms with Crippen LogP contribution < -0.4 is 5.32 Å². The zero-order valence-electron chi connectivity index (χ0n) is 7.61. The van der Waals surface area contributed by atoms with Crippen molar-refractivity contribution in [2.45, 2.75) is 19.9 Å². The fourth-order valence-corrected chi connectivity index (χ4v) is 0.899. The number of carboxylic acids is 1. The van der Waals surface area contributed by atoms with Crippen molar-refractivity contribution in [3.05, 3.63) is 23.9 Å². The largest absolute Gasteiger partial charge is 0.480 e. The summed E-state index contributed by atoms with van der Waals surface area (Å²) in [5, 5.41) is 11.4. The minimum Gasteiger partial charge on any atom is -0.480 e. The highest BCUT2D eigenvalue weighted by Crippen LogP contribution is 2.06. The van der Waals surface area contributed by atoms with Gasteiger partial charge >= 0.3 is 5.97 Å². The Morgan fingerprint density at radius 1 is 1.69 bits per heavy atom. The van der Waals surface area contributed by atoms with Crippen LogP contribution in [0.4, 0.5) is 5.82 Å². The number of rotatable bonds is 3. The first-order chi connectivity index (χ1) is 6.09. The molecule has 0 aliphatic heterocycles. The third-order valence-corrected chi connectivity index (χ3v) is 1.65. The van der Waals surface area contributed by atoms with Crippen molar-refractivity contribution < 1.29 is 9.90 Å². The summed E-state index contributed by atoms with van der Waals surface area (Å²) in [6.45, 7) is 3.50. The SMILES string of the molecule is Cc1ccnc(N[C@H](C)C(=O)O)c1. The molecule has 0 fully saturated rings. The number of pyridine rings is 1. The number of nitrogens with zero attached hydrogens (tertiary/aromatic N) is 1. The number of hydrogen-bond donors (Lipinski definition) is 2. The van der Waals surface area contributed by atoms with E-state index in [1.807, 2.05) is 13.0 Å². The molecule has 0 saturated carbocycles. The summed E-state index contributed by atoms with van der Waals surface area (Å²) < 4.78 is 0. The normalized spacial score (nSPS) is 12.2. The first-order valence-corrected chi connectivity index (χ1v) is 4.01. The van der Waals surface area contributed by atoms with E-state index in [0.29, 0.717) is 5.82 Å². The van der Waals surface area contributed by atoms with Crippen LogP contribution in [0.25, 0.3) is 0 Å². The van der Waals surface area contributed by atoms with E-state index in [-0.39, 0.29) is 0 Å². The first-order valence-electron chi connectivity index (χ1n) is 4.01. The van der Waals surface area contributed by atoms with Crippen molar-refractivity contribution in [2.24, 2.45) is 0 Å². The van der Waals surface area contributed by atoms with E-state index in [9.17, 15) is 4.79 Å². The number of aryl methyl sites for hydroxylation is 1. The van der Waals surface area contributed by atoms with Gasteiger partial charge in [0, 0.05) is 6.20 Å². The number of anilines is 1. The number of carbonyl (C=O) groups is 1. The minimum absolute atomic E-state index is 0.593. The Bertz CT molecular complexity index is 312. The summed E-state index contributed by atoms with van der Waals surface area (Å²) in [6, 6.07) is 3.05. The van der Waals surface area contributed by atoms with Crippen LogP contribution in [0.3, 0.4) is 0 Å². The quantitative estimate of drug-likeness (QED) is 0.735. The van der Waals surface area contributed by atoms with Gasteiger partial charge in [-0.3, -0.25) is 4.79 Å². The molecule has 1 rings (SSSR count). The summed E-state index contributed by atoms with van der Waals surface area (Å²) in [6.07, 6.45) is 1.65. The smallest absolute Gasteiger partial charge is 0.325 e. The minimum atomic E-state index is -0.886. The lowest BCUT2D eigenvalue weighted by Crippen LogP contribution is -2.25. The van der Waals surface area contributed by atoms with E-state index >= 15 is 0 Å². The molecule has 0 aliphatic carbocycles. The standard InChI is InChI=1S/C9H12N2O2/c1-6-3-4-10-8(5-6)11-7(2)9(12)13/h3-5,7H,1-2H3,(H,10,11)(H,12,13)/t7-/m1/s1. The number of nitrogens with one attached hydrogen (secondary N) is 1. The van der Waals surface area contributed by atoms with Crippen molar-refractivity contribution in [1.29, 1.82) is 0 Å². The Hall–Kier alpha value is -1.58. The van der Waals surface area contributed by atoms with Gasteiger partial charge in [0.05, 0.1) is 0 Å². The second kappa shape index (κ2) is 3.89. The van der Waals surface area contributed by atoms with E-state index in [2.05, 4.69) is 10.3 Å². The number of aliphatic carboxylic acids is 1. The molecule has 4 heteroatoms. The van der Waals surface area contributed by atoms with E-state index in [1.165, 1.54) is 0 Å². The molecule has 1 aromatic rings. The molecule has 0 saturated heterocycles. The maximum atomic E-state index is 10.5. The first kappa shape index (κ1) is 9.51. The highest BCUT2D eigenvalue weighted by molar-refractivity contribution is 5.76. The molecule has 1 aromatic heterocycles. The summed E-state index contributed by atoms with van der Waals surface area (Å²) in [5.41, 5.74) is 1.05. The van der Waals surface area contributed by atoms with Gasteiger partial charge in [-0.1, -0.05) is 0 Å². The highest BCUT2D eigenvalue weighted by atomic mass is 16.4. The molecule has 70 valence electrons. The molecule has 4 nitrogen and oxygen atoms in total. The van der Waals surface area contributed by atoms with Gasteiger partial charge in [-0.05, 0) is 31.5 Å². The number of aromatic nitrogens is 1. The molecule has 13 heavy (non-hydrogen) atoms. The fraction of sp³-hybridized carbons (Fsp3) is 0.333. The van der Waals surface area contributed by atoms with Crippen LogP contribution in [0.15, 0.2) is 18.3 Å². The van der Waals surface area contributed by atoms with Crippen LogP contribution in [-0.4, -0.2) is 22.1 Å². The monoisotopic (exact) mass is 180 g/mol. The van der Waals surface area contributed by atoms with Gasteiger partial charge < -0.3 is 10.4 Å². The average molecular weight is 180 g/mol. The van der Waals surface area contributed by atoms with E-state index in [1.54, 1.807) is 19.2 Å². The Morgan fingerprint density at radius 3 is 2.92 bits per heavy atom. The molecule has 0 amide bonds. The summed E-state index contributed by atoms with van der Waals surface area (Å²) >= 11 is 0. The van der Waals surface area contributed by atoms with Crippen LogP contribution in [0.1, 0.15) is 12.5 Å².